The van der Waals surface area contributed by atoms with E-state index >= 15 is 0 Å². The lowest BCUT2D eigenvalue weighted by atomic mass is 9.96. The molecule has 3 rings (SSSR count). The average Bonchev–Trinajstić information content (AvgIpc) is 3.11. The molecule has 0 saturated carbocycles. The van der Waals surface area contributed by atoms with Crippen molar-refractivity contribution in [3.8, 4) is 0 Å². The third kappa shape index (κ3) is 7.98. The molecule has 10 heteroatoms. The van der Waals surface area contributed by atoms with Gasteiger partial charge in [0.2, 0.25) is 0 Å². The molecule has 2 aromatic rings. The maximum Gasteiger partial charge on any atom is 0.191 e. The monoisotopic (exact) mass is 557 g/mol. The Kier molecular flexibility index (Phi) is 10.8. The second-order valence-corrected chi connectivity index (χ2v) is 8.12. The number of rotatable bonds is 9. The fourth-order valence-electron chi connectivity index (χ4n) is 3.40. The smallest absolute Gasteiger partial charge is 0.191 e. The summed E-state index contributed by atoms with van der Waals surface area (Å²) in [7, 11) is 1.93. The van der Waals surface area contributed by atoms with E-state index in [1.165, 1.54) is 0 Å². The van der Waals surface area contributed by atoms with Crippen molar-refractivity contribution >= 4 is 29.9 Å². The average molecular weight is 557 g/mol. The Balaban J connectivity index is 0.00000363. The van der Waals surface area contributed by atoms with Crippen molar-refractivity contribution in [2.45, 2.75) is 32.4 Å². The first-order chi connectivity index (χ1) is 15.0. The molecule has 1 saturated heterocycles. The highest BCUT2D eigenvalue weighted by Gasteiger charge is 2.23. The van der Waals surface area contributed by atoms with Crippen LogP contribution in [0.5, 0.6) is 0 Å². The van der Waals surface area contributed by atoms with Gasteiger partial charge in [0.1, 0.15) is 18.0 Å². The topological polar surface area (TPSA) is 99.8 Å². The van der Waals surface area contributed by atoms with Crippen molar-refractivity contribution in [2.24, 2.45) is 12.0 Å². The number of ether oxygens (including phenoxy) is 1. The lowest BCUT2D eigenvalue weighted by molar-refractivity contribution is 0.0376. The van der Waals surface area contributed by atoms with Crippen LogP contribution in [-0.2, 0) is 23.9 Å². The summed E-state index contributed by atoms with van der Waals surface area (Å²) >= 11 is 0. The fraction of sp³-hybridized carbons (Fsp3) is 0.591. The molecule has 0 radical (unpaired) electrons. The third-order valence-corrected chi connectivity index (χ3v) is 5.60. The number of nitrogens with zero attached hydrogens (tertiary/aromatic N) is 5. The molecule has 0 spiro atoms. The fourth-order valence-corrected chi connectivity index (χ4v) is 3.40. The van der Waals surface area contributed by atoms with E-state index in [0.717, 1.165) is 63.0 Å². The molecule has 1 fully saturated rings. The first kappa shape index (κ1) is 26.5. The van der Waals surface area contributed by atoms with Crippen LogP contribution in [0.2, 0.25) is 0 Å². The predicted molar refractivity (Wildman–Crippen MR) is 136 cm³/mol. The summed E-state index contributed by atoms with van der Waals surface area (Å²) in [6.45, 7) is 9.88. The van der Waals surface area contributed by atoms with Crippen molar-refractivity contribution < 1.29 is 9.84 Å². The molecule has 1 atom stereocenters. The van der Waals surface area contributed by atoms with E-state index in [0.29, 0.717) is 19.0 Å². The molecular formula is C22H36IN7O2. The van der Waals surface area contributed by atoms with Crippen LogP contribution in [0.25, 0.3) is 0 Å². The Hall–Kier alpha value is -1.76. The van der Waals surface area contributed by atoms with Gasteiger partial charge in [0.05, 0.1) is 19.8 Å². The van der Waals surface area contributed by atoms with Crippen molar-refractivity contribution in [3.63, 3.8) is 0 Å². The molecule has 2 heterocycles. The molecule has 1 aliphatic rings. The summed E-state index contributed by atoms with van der Waals surface area (Å²) < 4.78 is 7.34. The van der Waals surface area contributed by atoms with Gasteiger partial charge in [-0.05, 0) is 32.4 Å². The molecule has 1 unspecified atom stereocenters. The van der Waals surface area contributed by atoms with Gasteiger partial charge >= 0.3 is 0 Å². The molecule has 9 nitrogen and oxygen atoms in total. The van der Waals surface area contributed by atoms with Gasteiger partial charge in [0.15, 0.2) is 11.8 Å². The lowest BCUT2D eigenvalue weighted by Gasteiger charge is -2.27. The number of aryl methyl sites for hydroxylation is 1. The Labute approximate surface area is 207 Å². The molecular weight excluding hydrogens is 521 g/mol. The van der Waals surface area contributed by atoms with Gasteiger partial charge in [0.25, 0.3) is 0 Å². The predicted octanol–water partition coefficient (Wildman–Crippen LogP) is 1.41. The standard InChI is InChI=1S/C22H35N7O2.HI/c1-18-26-27-20(28(18)3)16-24-21(23-10-7-11-29-12-14-31-15-13-29)25-17-22(2,30)19-8-5-4-6-9-19;/h4-6,8-9,30H,7,10-17H2,1-3H3,(H2,23,24,25);1H. The number of halogens is 1. The van der Waals surface area contributed by atoms with Crippen molar-refractivity contribution in [1.29, 1.82) is 0 Å². The van der Waals surface area contributed by atoms with E-state index < -0.39 is 5.60 Å². The molecule has 178 valence electrons. The maximum absolute atomic E-state index is 10.9. The number of hydrogen-bond donors (Lipinski definition) is 3. The van der Waals surface area contributed by atoms with Crippen molar-refractivity contribution in [2.75, 3.05) is 45.9 Å². The molecule has 0 amide bonds. The first-order valence-corrected chi connectivity index (χ1v) is 10.9. The second kappa shape index (κ2) is 13.1. The minimum atomic E-state index is -1.02. The zero-order valence-corrected chi connectivity index (χ0v) is 21.6. The summed E-state index contributed by atoms with van der Waals surface area (Å²) in [5.74, 6) is 2.30. The number of aromatic nitrogens is 3. The Morgan fingerprint density at radius 2 is 1.91 bits per heavy atom. The largest absolute Gasteiger partial charge is 0.384 e. The van der Waals surface area contributed by atoms with E-state index in [9.17, 15) is 5.11 Å². The highest BCUT2D eigenvalue weighted by Crippen LogP contribution is 2.18. The van der Waals surface area contributed by atoms with E-state index in [1.54, 1.807) is 6.92 Å². The highest BCUT2D eigenvalue weighted by atomic mass is 127. The summed E-state index contributed by atoms with van der Waals surface area (Å²) in [5.41, 5.74) is -0.156. The molecule has 32 heavy (non-hydrogen) atoms. The minimum absolute atomic E-state index is 0. The number of morpholine rings is 1. The van der Waals surface area contributed by atoms with E-state index in [4.69, 9.17) is 4.74 Å². The van der Waals surface area contributed by atoms with Gasteiger partial charge in [-0.15, -0.1) is 34.2 Å². The van der Waals surface area contributed by atoms with Crippen LogP contribution < -0.4 is 10.6 Å². The zero-order valence-electron chi connectivity index (χ0n) is 19.3. The first-order valence-electron chi connectivity index (χ1n) is 10.9. The van der Waals surface area contributed by atoms with Crippen LogP contribution in [0.3, 0.4) is 0 Å². The summed E-state index contributed by atoms with van der Waals surface area (Å²) in [5, 5.41) is 25.9. The van der Waals surface area contributed by atoms with Gasteiger partial charge in [-0.25, -0.2) is 4.99 Å². The van der Waals surface area contributed by atoms with Crippen LogP contribution in [0.4, 0.5) is 0 Å². The number of hydrogen-bond acceptors (Lipinski definition) is 6. The summed E-state index contributed by atoms with van der Waals surface area (Å²) in [4.78, 5) is 7.09. The van der Waals surface area contributed by atoms with E-state index in [-0.39, 0.29) is 24.0 Å². The number of nitrogens with one attached hydrogen (secondary N) is 2. The summed E-state index contributed by atoms with van der Waals surface area (Å²) in [6, 6.07) is 9.66. The van der Waals surface area contributed by atoms with Crippen LogP contribution in [-0.4, -0.2) is 76.7 Å². The highest BCUT2D eigenvalue weighted by molar-refractivity contribution is 14.0. The quantitative estimate of drug-likeness (QED) is 0.186. The Morgan fingerprint density at radius 1 is 1.19 bits per heavy atom. The molecule has 1 aromatic heterocycles. The van der Waals surface area contributed by atoms with Crippen LogP contribution in [0.1, 0.15) is 30.6 Å². The van der Waals surface area contributed by atoms with Crippen LogP contribution in [0.15, 0.2) is 35.3 Å². The maximum atomic E-state index is 10.9. The zero-order chi connectivity index (χ0) is 22.1. The normalized spacial score (nSPS) is 16.8. The van der Waals surface area contributed by atoms with E-state index in [2.05, 4.69) is 30.7 Å². The molecule has 0 bridgehead atoms. The third-order valence-electron chi connectivity index (χ3n) is 5.60. The summed E-state index contributed by atoms with van der Waals surface area (Å²) in [6.07, 6.45) is 0.999. The number of aliphatic imine (C=N–C) groups is 1. The molecule has 3 N–H and O–H groups in total. The van der Waals surface area contributed by atoms with Crippen LogP contribution >= 0.6 is 24.0 Å². The van der Waals surface area contributed by atoms with Gasteiger partial charge in [-0.2, -0.15) is 0 Å². The minimum Gasteiger partial charge on any atom is -0.384 e. The lowest BCUT2D eigenvalue weighted by Crippen LogP contribution is -2.45. The number of benzene rings is 1. The van der Waals surface area contributed by atoms with Crippen LogP contribution in [0, 0.1) is 6.92 Å². The van der Waals surface area contributed by atoms with Gasteiger partial charge in [-0.1, -0.05) is 30.3 Å². The van der Waals surface area contributed by atoms with E-state index in [1.807, 2.05) is 48.9 Å². The molecule has 1 aromatic carbocycles. The Morgan fingerprint density at radius 3 is 2.56 bits per heavy atom. The van der Waals surface area contributed by atoms with Crippen molar-refractivity contribution in [1.82, 2.24) is 30.3 Å². The second-order valence-electron chi connectivity index (χ2n) is 8.12. The SMILES string of the molecule is Cc1nnc(CN=C(NCCCN2CCOCC2)NCC(C)(O)c2ccccc2)n1C.I. The van der Waals surface area contributed by atoms with Crippen molar-refractivity contribution in [3.05, 3.63) is 47.5 Å². The molecule has 0 aliphatic carbocycles. The molecule has 1 aliphatic heterocycles. The van der Waals surface area contributed by atoms with Gasteiger partial charge in [-0.3, -0.25) is 4.90 Å². The van der Waals surface area contributed by atoms with Gasteiger partial charge in [0, 0.05) is 26.7 Å². The number of guanidine groups is 1. The number of aliphatic hydroxyl groups is 1. The Bertz CT molecular complexity index is 836. The van der Waals surface area contributed by atoms with Gasteiger partial charge < -0.3 is 25.0 Å².